The predicted molar refractivity (Wildman–Crippen MR) is 62.0 cm³/mol. The first-order chi connectivity index (χ1) is 7.16. The first-order valence-corrected chi connectivity index (χ1v) is 5.72. The largest absolute Gasteiger partial charge is 0.508 e. The summed E-state index contributed by atoms with van der Waals surface area (Å²) >= 11 is 0. The maximum Gasteiger partial charge on any atom is 0.120 e. The Labute approximate surface area is 91.3 Å². The minimum absolute atomic E-state index is 0.246. The van der Waals surface area contributed by atoms with Crippen LogP contribution in [0, 0.1) is 6.92 Å². The molecule has 0 amide bonds. The number of phenols is 1. The standard InChI is InChI=1S/C13H19NO/c1-9-6-7-12(13(15)8-9)10(2)14-11-4-3-5-11/h6-8,10-11,14-15H,3-5H2,1-2H3. The van der Waals surface area contributed by atoms with E-state index in [9.17, 15) is 5.11 Å². The Bertz CT molecular complexity index is 344. The molecule has 0 radical (unpaired) electrons. The molecular weight excluding hydrogens is 186 g/mol. The minimum atomic E-state index is 0.246. The number of aromatic hydroxyl groups is 1. The highest BCUT2D eigenvalue weighted by Gasteiger charge is 2.20. The number of nitrogens with one attached hydrogen (secondary N) is 1. The summed E-state index contributed by atoms with van der Waals surface area (Å²) in [5.74, 6) is 0.411. The van der Waals surface area contributed by atoms with Gasteiger partial charge < -0.3 is 10.4 Å². The fourth-order valence-electron chi connectivity index (χ4n) is 2.04. The van der Waals surface area contributed by atoms with Crippen molar-refractivity contribution in [3.05, 3.63) is 29.3 Å². The van der Waals surface area contributed by atoms with Gasteiger partial charge in [-0.3, -0.25) is 0 Å². The zero-order valence-electron chi connectivity index (χ0n) is 9.46. The Morgan fingerprint density at radius 1 is 1.40 bits per heavy atom. The molecule has 2 N–H and O–H groups in total. The maximum absolute atomic E-state index is 9.83. The van der Waals surface area contributed by atoms with Gasteiger partial charge in [-0.15, -0.1) is 0 Å². The third-order valence-electron chi connectivity index (χ3n) is 3.24. The summed E-state index contributed by atoms with van der Waals surface area (Å²) in [6.07, 6.45) is 3.89. The van der Waals surface area contributed by atoms with Crippen LogP contribution in [0.2, 0.25) is 0 Å². The average Bonchev–Trinajstić information content (AvgIpc) is 2.11. The van der Waals surface area contributed by atoms with Gasteiger partial charge >= 0.3 is 0 Å². The predicted octanol–water partition coefficient (Wildman–Crippen LogP) is 2.90. The lowest BCUT2D eigenvalue weighted by molar-refractivity contribution is 0.310. The van der Waals surface area contributed by atoms with Gasteiger partial charge in [-0.2, -0.15) is 0 Å². The van der Waals surface area contributed by atoms with Gasteiger partial charge in [0.2, 0.25) is 0 Å². The first-order valence-electron chi connectivity index (χ1n) is 5.72. The van der Waals surface area contributed by atoms with E-state index < -0.39 is 0 Å². The molecule has 15 heavy (non-hydrogen) atoms. The van der Waals surface area contributed by atoms with Gasteiger partial charge in [0.15, 0.2) is 0 Å². The zero-order chi connectivity index (χ0) is 10.8. The van der Waals surface area contributed by atoms with Gasteiger partial charge in [-0.25, -0.2) is 0 Å². The molecule has 2 nitrogen and oxygen atoms in total. The number of hydrogen-bond donors (Lipinski definition) is 2. The molecule has 0 aliphatic heterocycles. The number of benzene rings is 1. The molecule has 0 spiro atoms. The third-order valence-corrected chi connectivity index (χ3v) is 3.24. The van der Waals surface area contributed by atoms with Gasteiger partial charge in [-0.05, 0) is 38.3 Å². The zero-order valence-corrected chi connectivity index (χ0v) is 9.46. The summed E-state index contributed by atoms with van der Waals surface area (Å²) in [6, 6.07) is 6.79. The Kier molecular flexibility index (Phi) is 2.96. The van der Waals surface area contributed by atoms with Crippen molar-refractivity contribution in [1.29, 1.82) is 0 Å². The Morgan fingerprint density at radius 2 is 2.13 bits per heavy atom. The minimum Gasteiger partial charge on any atom is -0.508 e. The highest BCUT2D eigenvalue weighted by atomic mass is 16.3. The van der Waals surface area contributed by atoms with Crippen molar-refractivity contribution in [2.24, 2.45) is 0 Å². The van der Waals surface area contributed by atoms with Crippen LogP contribution >= 0.6 is 0 Å². The summed E-state index contributed by atoms with van der Waals surface area (Å²) in [6.45, 7) is 4.11. The number of hydrogen-bond acceptors (Lipinski definition) is 2. The molecule has 0 bridgehead atoms. The van der Waals surface area contributed by atoms with E-state index in [1.165, 1.54) is 19.3 Å². The van der Waals surface area contributed by atoms with Crippen LogP contribution < -0.4 is 5.32 Å². The van der Waals surface area contributed by atoms with Gasteiger partial charge in [0.25, 0.3) is 0 Å². The molecule has 0 aromatic heterocycles. The van der Waals surface area contributed by atoms with Crippen LogP contribution in [0.5, 0.6) is 5.75 Å². The molecule has 0 heterocycles. The van der Waals surface area contributed by atoms with E-state index in [0.29, 0.717) is 11.8 Å². The van der Waals surface area contributed by atoms with E-state index in [-0.39, 0.29) is 6.04 Å². The lowest BCUT2D eigenvalue weighted by atomic mass is 9.91. The number of rotatable bonds is 3. The Hall–Kier alpha value is -1.02. The van der Waals surface area contributed by atoms with E-state index in [1.807, 2.05) is 25.1 Å². The monoisotopic (exact) mass is 205 g/mol. The second-order valence-corrected chi connectivity index (χ2v) is 4.58. The fraction of sp³-hybridized carbons (Fsp3) is 0.538. The van der Waals surface area contributed by atoms with Crippen LogP contribution in [0.1, 0.15) is 43.4 Å². The van der Waals surface area contributed by atoms with Gasteiger partial charge in [0.1, 0.15) is 5.75 Å². The normalized spacial score (nSPS) is 18.5. The van der Waals surface area contributed by atoms with Crippen molar-refractivity contribution in [3.8, 4) is 5.75 Å². The van der Waals surface area contributed by atoms with E-state index in [2.05, 4.69) is 12.2 Å². The summed E-state index contributed by atoms with van der Waals surface area (Å²) in [4.78, 5) is 0. The summed E-state index contributed by atoms with van der Waals surface area (Å²) in [5.41, 5.74) is 2.11. The molecular formula is C13H19NO. The Morgan fingerprint density at radius 3 is 2.67 bits per heavy atom. The van der Waals surface area contributed by atoms with E-state index in [0.717, 1.165) is 11.1 Å². The molecule has 2 rings (SSSR count). The van der Waals surface area contributed by atoms with Gasteiger partial charge in [0, 0.05) is 17.6 Å². The molecule has 0 saturated heterocycles. The molecule has 1 aromatic rings. The highest BCUT2D eigenvalue weighted by molar-refractivity contribution is 5.37. The molecule has 1 aromatic carbocycles. The van der Waals surface area contributed by atoms with Crippen LogP contribution in [-0.4, -0.2) is 11.1 Å². The first kappa shape index (κ1) is 10.5. The Balaban J connectivity index is 2.06. The van der Waals surface area contributed by atoms with E-state index in [1.54, 1.807) is 0 Å². The molecule has 2 heteroatoms. The van der Waals surface area contributed by atoms with E-state index in [4.69, 9.17) is 0 Å². The van der Waals surface area contributed by atoms with Crippen molar-refractivity contribution in [2.75, 3.05) is 0 Å². The lowest BCUT2D eigenvalue weighted by Gasteiger charge is -2.30. The van der Waals surface area contributed by atoms with Crippen LogP contribution in [0.25, 0.3) is 0 Å². The maximum atomic E-state index is 9.83. The molecule has 1 saturated carbocycles. The molecule has 1 atom stereocenters. The molecule has 82 valence electrons. The molecule has 1 aliphatic rings. The third kappa shape index (κ3) is 2.32. The van der Waals surface area contributed by atoms with Crippen molar-refractivity contribution in [3.63, 3.8) is 0 Å². The van der Waals surface area contributed by atoms with Crippen molar-refractivity contribution >= 4 is 0 Å². The van der Waals surface area contributed by atoms with E-state index >= 15 is 0 Å². The lowest BCUT2D eigenvalue weighted by Crippen LogP contribution is -2.36. The molecule has 1 fully saturated rings. The number of aryl methyl sites for hydroxylation is 1. The second kappa shape index (κ2) is 4.23. The topological polar surface area (TPSA) is 32.3 Å². The summed E-state index contributed by atoms with van der Waals surface area (Å²) in [5, 5.41) is 13.4. The smallest absolute Gasteiger partial charge is 0.120 e. The van der Waals surface area contributed by atoms with Crippen molar-refractivity contribution in [1.82, 2.24) is 5.32 Å². The molecule has 1 unspecified atom stereocenters. The second-order valence-electron chi connectivity index (χ2n) is 4.58. The SMILES string of the molecule is Cc1ccc(C(C)NC2CCC2)c(O)c1. The molecule has 1 aliphatic carbocycles. The van der Waals surface area contributed by atoms with Crippen LogP contribution in [0.3, 0.4) is 0 Å². The number of phenolic OH excluding ortho intramolecular Hbond substituents is 1. The fourth-order valence-corrected chi connectivity index (χ4v) is 2.04. The van der Waals surface area contributed by atoms with Crippen LogP contribution in [-0.2, 0) is 0 Å². The van der Waals surface area contributed by atoms with Gasteiger partial charge in [0.05, 0.1) is 0 Å². The summed E-state index contributed by atoms with van der Waals surface area (Å²) < 4.78 is 0. The average molecular weight is 205 g/mol. The highest BCUT2D eigenvalue weighted by Crippen LogP contribution is 2.28. The quantitative estimate of drug-likeness (QED) is 0.795. The van der Waals surface area contributed by atoms with Gasteiger partial charge in [-0.1, -0.05) is 18.6 Å². The van der Waals surface area contributed by atoms with Crippen molar-refractivity contribution in [2.45, 2.75) is 45.2 Å². The van der Waals surface area contributed by atoms with Crippen molar-refractivity contribution < 1.29 is 5.11 Å². The van der Waals surface area contributed by atoms with Crippen LogP contribution in [0.4, 0.5) is 0 Å². The summed E-state index contributed by atoms with van der Waals surface area (Å²) in [7, 11) is 0. The van der Waals surface area contributed by atoms with Crippen LogP contribution in [0.15, 0.2) is 18.2 Å².